The molecule has 0 heterocycles. The molecule has 1 unspecified atom stereocenters. The molecule has 2 heteroatoms. The van der Waals surface area contributed by atoms with Crippen molar-refractivity contribution < 1.29 is 4.74 Å². The maximum Gasteiger partial charge on any atom is 0.127 e. The predicted octanol–water partition coefficient (Wildman–Crippen LogP) is 3.61. The van der Waals surface area contributed by atoms with Crippen molar-refractivity contribution in [3.63, 3.8) is 0 Å². The minimum absolute atomic E-state index is 0.541. The van der Waals surface area contributed by atoms with E-state index in [1.807, 2.05) is 0 Å². The summed E-state index contributed by atoms with van der Waals surface area (Å²) in [4.78, 5) is 0. The Morgan fingerprint density at radius 2 is 1.95 bits per heavy atom. The molecule has 2 aromatic carbocycles. The molecule has 1 aliphatic carbocycles. The molecule has 0 aromatic heterocycles. The van der Waals surface area contributed by atoms with Crippen LogP contribution in [0, 0.1) is 5.92 Å². The summed E-state index contributed by atoms with van der Waals surface area (Å²) in [6.45, 7) is 4.06. The second kappa shape index (κ2) is 5.62. The first-order valence-corrected chi connectivity index (χ1v) is 7.17. The summed E-state index contributed by atoms with van der Waals surface area (Å²) in [6, 6.07) is 15.4. The number of ether oxygens (including phenoxy) is 1. The number of nitrogens with one attached hydrogen (secondary N) is 1. The van der Waals surface area contributed by atoms with Gasteiger partial charge < -0.3 is 10.1 Å². The molecule has 3 rings (SSSR count). The lowest BCUT2D eigenvalue weighted by Crippen LogP contribution is -2.26. The van der Waals surface area contributed by atoms with Gasteiger partial charge in [-0.25, -0.2) is 0 Å². The summed E-state index contributed by atoms with van der Waals surface area (Å²) in [5.74, 6) is 1.54. The van der Waals surface area contributed by atoms with Crippen molar-refractivity contribution in [3.05, 3.63) is 42.5 Å². The van der Waals surface area contributed by atoms with Gasteiger partial charge in [0.2, 0.25) is 0 Å². The van der Waals surface area contributed by atoms with Crippen LogP contribution in [0.5, 0.6) is 5.75 Å². The average Bonchev–Trinajstić information content (AvgIpc) is 3.27. The molecule has 100 valence electrons. The van der Waals surface area contributed by atoms with Crippen molar-refractivity contribution >= 4 is 10.8 Å². The van der Waals surface area contributed by atoms with Crippen LogP contribution >= 0.6 is 0 Å². The van der Waals surface area contributed by atoms with Crippen molar-refractivity contribution in [2.45, 2.75) is 25.8 Å². The van der Waals surface area contributed by atoms with Gasteiger partial charge >= 0.3 is 0 Å². The highest BCUT2D eigenvalue weighted by Crippen LogP contribution is 2.25. The molecular formula is C17H21NO. The van der Waals surface area contributed by atoms with Crippen LogP contribution in [0.2, 0.25) is 0 Å². The topological polar surface area (TPSA) is 21.3 Å². The van der Waals surface area contributed by atoms with E-state index in [2.05, 4.69) is 54.7 Å². The van der Waals surface area contributed by atoms with Crippen molar-refractivity contribution in [2.24, 2.45) is 5.92 Å². The van der Waals surface area contributed by atoms with Crippen molar-refractivity contribution in [1.29, 1.82) is 0 Å². The van der Waals surface area contributed by atoms with E-state index < -0.39 is 0 Å². The maximum absolute atomic E-state index is 5.99. The van der Waals surface area contributed by atoms with Gasteiger partial charge in [0.25, 0.3) is 0 Å². The summed E-state index contributed by atoms with van der Waals surface area (Å²) in [6.07, 6.45) is 2.69. The van der Waals surface area contributed by atoms with Crippen LogP contribution in [0.4, 0.5) is 0 Å². The Kier molecular flexibility index (Phi) is 3.69. The lowest BCUT2D eigenvalue weighted by Gasteiger charge is -2.15. The highest BCUT2D eigenvalue weighted by atomic mass is 16.5. The monoisotopic (exact) mass is 255 g/mol. The van der Waals surface area contributed by atoms with Gasteiger partial charge in [-0.2, -0.15) is 0 Å². The molecule has 0 aliphatic heterocycles. The normalized spacial score (nSPS) is 16.5. The van der Waals surface area contributed by atoms with Gasteiger partial charge in [-0.15, -0.1) is 0 Å². The first-order chi connectivity index (χ1) is 9.33. The second-order valence-corrected chi connectivity index (χ2v) is 5.58. The largest absolute Gasteiger partial charge is 0.493 e. The Labute approximate surface area is 114 Å². The van der Waals surface area contributed by atoms with Crippen molar-refractivity contribution in [3.8, 4) is 5.75 Å². The highest BCUT2D eigenvalue weighted by molar-refractivity contribution is 5.88. The Hall–Kier alpha value is -1.54. The van der Waals surface area contributed by atoms with Crippen LogP contribution in [0.25, 0.3) is 10.8 Å². The third-order valence-electron chi connectivity index (χ3n) is 3.61. The lowest BCUT2D eigenvalue weighted by atomic mass is 10.1. The summed E-state index contributed by atoms with van der Waals surface area (Å²) in [7, 11) is 0. The van der Waals surface area contributed by atoms with E-state index in [1.165, 1.54) is 23.6 Å². The van der Waals surface area contributed by atoms with Gasteiger partial charge in [-0.05, 0) is 24.3 Å². The summed E-state index contributed by atoms with van der Waals surface area (Å²) in [5.41, 5.74) is 0. The van der Waals surface area contributed by atoms with Crippen molar-refractivity contribution in [1.82, 2.24) is 5.32 Å². The zero-order chi connectivity index (χ0) is 13.1. The predicted molar refractivity (Wildman–Crippen MR) is 79.6 cm³/mol. The Morgan fingerprint density at radius 1 is 1.16 bits per heavy atom. The summed E-state index contributed by atoms with van der Waals surface area (Å²) < 4.78 is 5.99. The van der Waals surface area contributed by atoms with Crippen molar-refractivity contribution in [2.75, 3.05) is 13.2 Å². The van der Waals surface area contributed by atoms with Gasteiger partial charge in [-0.1, -0.05) is 43.3 Å². The van der Waals surface area contributed by atoms with Gasteiger partial charge in [0.15, 0.2) is 0 Å². The molecule has 0 spiro atoms. The molecule has 1 atom stereocenters. The van der Waals surface area contributed by atoms with E-state index in [9.17, 15) is 0 Å². The fraction of sp³-hybridized carbons (Fsp3) is 0.412. The first kappa shape index (κ1) is 12.5. The smallest absolute Gasteiger partial charge is 0.127 e. The zero-order valence-electron chi connectivity index (χ0n) is 11.4. The number of hydrogen-bond acceptors (Lipinski definition) is 2. The number of benzene rings is 2. The van der Waals surface area contributed by atoms with E-state index in [1.54, 1.807) is 0 Å². The van der Waals surface area contributed by atoms with Crippen LogP contribution in [0.1, 0.15) is 19.8 Å². The van der Waals surface area contributed by atoms with E-state index in [4.69, 9.17) is 4.74 Å². The number of rotatable bonds is 6. The van der Waals surface area contributed by atoms with E-state index in [-0.39, 0.29) is 0 Å². The molecule has 1 fully saturated rings. The third-order valence-corrected chi connectivity index (χ3v) is 3.61. The van der Waals surface area contributed by atoms with Gasteiger partial charge in [0.05, 0.1) is 6.61 Å². The Bertz CT molecular complexity index is 542. The van der Waals surface area contributed by atoms with Crippen LogP contribution in [0.15, 0.2) is 42.5 Å². The molecule has 0 radical (unpaired) electrons. The van der Waals surface area contributed by atoms with Crippen LogP contribution in [0.3, 0.4) is 0 Å². The minimum Gasteiger partial charge on any atom is -0.493 e. The average molecular weight is 255 g/mol. The minimum atomic E-state index is 0.541. The number of hydrogen-bond donors (Lipinski definition) is 1. The first-order valence-electron chi connectivity index (χ1n) is 7.17. The SMILES string of the molecule is CC(CNC1CC1)COc1cccc2ccccc12. The lowest BCUT2D eigenvalue weighted by molar-refractivity contribution is 0.258. The Balaban J connectivity index is 1.61. The molecule has 19 heavy (non-hydrogen) atoms. The van der Waals surface area contributed by atoms with Gasteiger partial charge in [0, 0.05) is 23.9 Å². The molecule has 2 nitrogen and oxygen atoms in total. The van der Waals surface area contributed by atoms with E-state index in [0.717, 1.165) is 24.9 Å². The van der Waals surface area contributed by atoms with Gasteiger partial charge in [0.1, 0.15) is 5.75 Å². The standard InChI is InChI=1S/C17H21NO/c1-13(11-18-15-9-10-15)12-19-17-8-4-6-14-5-2-3-7-16(14)17/h2-8,13,15,18H,9-12H2,1H3. The Morgan fingerprint density at radius 3 is 2.79 bits per heavy atom. The summed E-state index contributed by atoms with van der Waals surface area (Å²) in [5, 5.41) is 5.99. The fourth-order valence-electron chi connectivity index (χ4n) is 2.27. The van der Waals surface area contributed by atoms with Crippen LogP contribution in [-0.4, -0.2) is 19.2 Å². The quantitative estimate of drug-likeness (QED) is 0.851. The highest BCUT2D eigenvalue weighted by Gasteiger charge is 2.20. The molecule has 0 saturated heterocycles. The maximum atomic E-state index is 5.99. The molecule has 0 amide bonds. The number of fused-ring (bicyclic) bond motifs is 1. The molecule has 1 aliphatic rings. The van der Waals surface area contributed by atoms with E-state index >= 15 is 0 Å². The molecule has 0 bridgehead atoms. The zero-order valence-corrected chi connectivity index (χ0v) is 11.4. The summed E-state index contributed by atoms with van der Waals surface area (Å²) >= 11 is 0. The van der Waals surface area contributed by atoms with Gasteiger partial charge in [-0.3, -0.25) is 0 Å². The van der Waals surface area contributed by atoms with E-state index in [0.29, 0.717) is 5.92 Å². The second-order valence-electron chi connectivity index (χ2n) is 5.58. The fourth-order valence-corrected chi connectivity index (χ4v) is 2.27. The molecular weight excluding hydrogens is 234 g/mol. The van der Waals surface area contributed by atoms with Crippen LogP contribution < -0.4 is 10.1 Å². The molecule has 1 N–H and O–H groups in total. The third kappa shape index (κ3) is 3.27. The van der Waals surface area contributed by atoms with Crippen LogP contribution in [-0.2, 0) is 0 Å². The molecule has 1 saturated carbocycles. The molecule has 2 aromatic rings.